The molecule has 0 bridgehead atoms. The molecule has 152 valence electrons. The van der Waals surface area contributed by atoms with Crippen LogP contribution in [0.5, 0.6) is 0 Å². The monoisotopic (exact) mass is 414 g/mol. The number of halogens is 2. The largest absolute Gasteiger partial charge is 0.356 e. The highest BCUT2D eigenvalue weighted by molar-refractivity contribution is 6.31. The lowest BCUT2D eigenvalue weighted by Gasteiger charge is -2.27. The van der Waals surface area contributed by atoms with E-state index in [0.29, 0.717) is 24.1 Å². The summed E-state index contributed by atoms with van der Waals surface area (Å²) in [6, 6.07) is 10.3. The van der Waals surface area contributed by atoms with Crippen molar-refractivity contribution in [2.45, 2.75) is 25.8 Å². The molecule has 0 aliphatic heterocycles. The standard InChI is InChI=1S/C21H24ClFN6/c1-21(2,17-6-5-16(23)12-18(17)22)14-27-20(24-3)26-13-15-7-9-25-19(11-15)29-10-4-8-28-29/h4-12H,13-14H2,1-3H3,(H2,24,26,27). The summed E-state index contributed by atoms with van der Waals surface area (Å²) in [5.74, 6) is 1.07. The minimum Gasteiger partial charge on any atom is -0.356 e. The predicted octanol–water partition coefficient (Wildman–Crippen LogP) is 3.70. The Bertz CT molecular complexity index is 985. The van der Waals surface area contributed by atoms with Gasteiger partial charge in [0.1, 0.15) is 5.82 Å². The van der Waals surface area contributed by atoms with E-state index in [1.165, 1.54) is 12.1 Å². The van der Waals surface area contributed by atoms with E-state index in [9.17, 15) is 4.39 Å². The van der Waals surface area contributed by atoms with E-state index in [1.54, 1.807) is 30.2 Å². The zero-order valence-corrected chi connectivity index (χ0v) is 17.4. The Morgan fingerprint density at radius 3 is 2.72 bits per heavy atom. The van der Waals surface area contributed by atoms with Crippen molar-refractivity contribution < 1.29 is 4.39 Å². The summed E-state index contributed by atoms with van der Waals surface area (Å²) < 4.78 is 15.1. The van der Waals surface area contributed by atoms with Crippen LogP contribution in [-0.2, 0) is 12.0 Å². The van der Waals surface area contributed by atoms with Gasteiger partial charge in [0, 0.05) is 49.2 Å². The summed E-state index contributed by atoms with van der Waals surface area (Å²) in [7, 11) is 1.72. The fraction of sp³-hybridized carbons (Fsp3) is 0.286. The van der Waals surface area contributed by atoms with Gasteiger partial charge < -0.3 is 10.6 Å². The maximum atomic E-state index is 13.3. The second kappa shape index (κ2) is 9.05. The normalized spacial score (nSPS) is 12.1. The van der Waals surface area contributed by atoms with Crippen molar-refractivity contribution in [2.75, 3.05) is 13.6 Å². The van der Waals surface area contributed by atoms with E-state index in [2.05, 4.69) is 25.7 Å². The van der Waals surface area contributed by atoms with Gasteiger partial charge in [-0.1, -0.05) is 31.5 Å². The van der Waals surface area contributed by atoms with Gasteiger partial charge >= 0.3 is 0 Å². The molecule has 0 aliphatic rings. The fourth-order valence-corrected chi connectivity index (χ4v) is 3.37. The number of aliphatic imine (C=N–C) groups is 1. The first kappa shape index (κ1) is 20.8. The van der Waals surface area contributed by atoms with Gasteiger partial charge in [-0.25, -0.2) is 14.1 Å². The van der Waals surface area contributed by atoms with E-state index in [-0.39, 0.29) is 11.2 Å². The van der Waals surface area contributed by atoms with E-state index in [0.717, 1.165) is 16.9 Å². The van der Waals surface area contributed by atoms with Crippen LogP contribution in [0.25, 0.3) is 5.82 Å². The Balaban J connectivity index is 1.60. The first-order chi connectivity index (χ1) is 13.9. The highest BCUT2D eigenvalue weighted by Gasteiger charge is 2.24. The number of rotatable bonds is 6. The van der Waals surface area contributed by atoms with E-state index in [4.69, 9.17) is 11.6 Å². The van der Waals surface area contributed by atoms with Crippen molar-refractivity contribution in [3.8, 4) is 5.82 Å². The van der Waals surface area contributed by atoms with Gasteiger partial charge in [0.2, 0.25) is 0 Å². The first-order valence-corrected chi connectivity index (χ1v) is 9.62. The maximum absolute atomic E-state index is 13.3. The van der Waals surface area contributed by atoms with Gasteiger partial charge in [-0.15, -0.1) is 0 Å². The van der Waals surface area contributed by atoms with E-state index < -0.39 is 0 Å². The van der Waals surface area contributed by atoms with E-state index >= 15 is 0 Å². The van der Waals surface area contributed by atoms with Crippen molar-refractivity contribution in [1.29, 1.82) is 0 Å². The molecule has 8 heteroatoms. The predicted molar refractivity (Wildman–Crippen MR) is 114 cm³/mol. The summed E-state index contributed by atoms with van der Waals surface area (Å²) >= 11 is 6.23. The van der Waals surface area contributed by atoms with Crippen molar-refractivity contribution in [3.63, 3.8) is 0 Å². The maximum Gasteiger partial charge on any atom is 0.191 e. The minimum atomic E-state index is -0.341. The van der Waals surface area contributed by atoms with Gasteiger partial charge in [-0.2, -0.15) is 5.10 Å². The first-order valence-electron chi connectivity index (χ1n) is 9.24. The Hall–Kier alpha value is -2.93. The highest BCUT2D eigenvalue weighted by Crippen LogP contribution is 2.29. The Morgan fingerprint density at radius 1 is 1.21 bits per heavy atom. The van der Waals surface area contributed by atoms with Crippen molar-refractivity contribution >= 4 is 17.6 Å². The lowest BCUT2D eigenvalue weighted by Crippen LogP contribution is -2.43. The number of nitrogens with zero attached hydrogens (tertiary/aromatic N) is 4. The lowest BCUT2D eigenvalue weighted by molar-refractivity contribution is 0.507. The third-order valence-corrected chi connectivity index (χ3v) is 4.90. The summed E-state index contributed by atoms with van der Waals surface area (Å²) in [4.78, 5) is 8.61. The Labute approximate surface area is 174 Å². The Morgan fingerprint density at radius 2 is 2.03 bits per heavy atom. The SMILES string of the molecule is CN=C(NCc1ccnc(-n2cccn2)c1)NCC(C)(C)c1ccc(F)cc1Cl. The molecular formula is C21H24ClFN6. The summed E-state index contributed by atoms with van der Waals surface area (Å²) in [6.07, 6.45) is 5.32. The molecule has 2 N–H and O–H groups in total. The highest BCUT2D eigenvalue weighted by atomic mass is 35.5. The molecule has 0 fully saturated rings. The van der Waals surface area contributed by atoms with Gasteiger partial charge in [0.15, 0.2) is 11.8 Å². The van der Waals surface area contributed by atoms with E-state index in [1.807, 2.05) is 38.2 Å². The zero-order chi connectivity index (χ0) is 20.9. The topological polar surface area (TPSA) is 67.1 Å². The molecule has 0 saturated carbocycles. The minimum absolute atomic E-state index is 0.313. The van der Waals surface area contributed by atoms with Crippen LogP contribution in [0.4, 0.5) is 4.39 Å². The van der Waals surface area contributed by atoms with Gasteiger partial charge in [0.05, 0.1) is 0 Å². The lowest BCUT2D eigenvalue weighted by atomic mass is 9.84. The molecule has 0 aliphatic carbocycles. The molecule has 0 radical (unpaired) electrons. The smallest absolute Gasteiger partial charge is 0.191 e. The number of aromatic nitrogens is 3. The number of nitrogens with one attached hydrogen (secondary N) is 2. The quantitative estimate of drug-likeness (QED) is 0.476. The second-order valence-electron chi connectivity index (χ2n) is 7.26. The van der Waals surface area contributed by atoms with Crippen LogP contribution in [0.1, 0.15) is 25.0 Å². The molecule has 0 spiro atoms. The molecule has 6 nitrogen and oxygen atoms in total. The number of guanidine groups is 1. The third kappa shape index (κ3) is 5.32. The summed E-state index contributed by atoms with van der Waals surface area (Å²) in [5.41, 5.74) is 1.61. The van der Waals surface area contributed by atoms with Crippen molar-refractivity contribution in [1.82, 2.24) is 25.4 Å². The average Bonchev–Trinajstić information content (AvgIpc) is 3.23. The van der Waals surface area contributed by atoms with Crippen LogP contribution in [0.3, 0.4) is 0 Å². The molecular weight excluding hydrogens is 391 g/mol. The molecule has 1 aromatic carbocycles. The van der Waals surface area contributed by atoms with Crippen LogP contribution in [0.2, 0.25) is 5.02 Å². The van der Waals surface area contributed by atoms with Crippen molar-refractivity contribution in [3.05, 3.63) is 77.0 Å². The molecule has 0 saturated heterocycles. The number of hydrogen-bond acceptors (Lipinski definition) is 3. The Kier molecular flexibility index (Phi) is 6.49. The van der Waals surface area contributed by atoms with Crippen LogP contribution >= 0.6 is 11.6 Å². The molecule has 0 amide bonds. The second-order valence-corrected chi connectivity index (χ2v) is 7.67. The molecule has 3 aromatic rings. The molecule has 0 unspecified atom stereocenters. The van der Waals surface area contributed by atoms with Crippen LogP contribution in [0.15, 0.2) is 60.0 Å². The van der Waals surface area contributed by atoms with Crippen LogP contribution < -0.4 is 10.6 Å². The molecule has 0 atom stereocenters. The summed E-state index contributed by atoms with van der Waals surface area (Å²) in [6.45, 7) is 5.25. The number of benzene rings is 1. The van der Waals surface area contributed by atoms with Gasteiger partial charge in [0.25, 0.3) is 0 Å². The zero-order valence-electron chi connectivity index (χ0n) is 16.7. The summed E-state index contributed by atoms with van der Waals surface area (Å²) in [5, 5.41) is 11.2. The average molecular weight is 415 g/mol. The van der Waals surface area contributed by atoms with Crippen LogP contribution in [0, 0.1) is 5.82 Å². The third-order valence-electron chi connectivity index (χ3n) is 4.59. The molecule has 2 heterocycles. The molecule has 29 heavy (non-hydrogen) atoms. The molecule has 3 rings (SSSR count). The van der Waals surface area contributed by atoms with Gasteiger partial charge in [-0.3, -0.25) is 4.99 Å². The van der Waals surface area contributed by atoms with Crippen molar-refractivity contribution in [2.24, 2.45) is 4.99 Å². The molecule has 2 aromatic heterocycles. The number of pyridine rings is 1. The number of hydrogen-bond donors (Lipinski definition) is 2. The fourth-order valence-electron chi connectivity index (χ4n) is 2.94. The van der Waals surface area contributed by atoms with Crippen LogP contribution in [-0.4, -0.2) is 34.3 Å². The van der Waals surface area contributed by atoms with Gasteiger partial charge in [-0.05, 0) is 41.5 Å².